The molecule has 0 fully saturated rings. The Kier molecular flexibility index (Phi) is 1.25. The molecule has 2 N–H and O–H groups in total. The van der Waals surface area contributed by atoms with Crippen molar-refractivity contribution in [3.63, 3.8) is 0 Å². The van der Waals surface area contributed by atoms with Crippen LogP contribution in [0, 0.1) is 0 Å². The number of aromatic nitrogens is 4. The van der Waals surface area contributed by atoms with Crippen LogP contribution in [0.15, 0.2) is 29.5 Å². The molecule has 3 aromatic heterocycles. The van der Waals surface area contributed by atoms with E-state index in [1.165, 1.54) is 6.07 Å². The van der Waals surface area contributed by atoms with Crippen molar-refractivity contribution in [1.82, 2.24) is 19.9 Å². The topological polar surface area (TPSA) is 74.4 Å². The molecule has 0 spiro atoms. The number of imidazole rings is 1. The van der Waals surface area contributed by atoms with Crippen LogP contribution >= 0.6 is 0 Å². The van der Waals surface area contributed by atoms with Gasteiger partial charge in [0, 0.05) is 11.5 Å². The molecule has 3 heterocycles. The molecule has 0 aliphatic carbocycles. The summed E-state index contributed by atoms with van der Waals surface area (Å²) in [6.07, 6.45) is 3.26. The Morgan fingerprint density at radius 2 is 2.14 bits per heavy atom. The maximum Gasteiger partial charge on any atom is 0.249 e. The van der Waals surface area contributed by atoms with Crippen LogP contribution in [0.4, 0.5) is 0 Å². The first-order valence-corrected chi connectivity index (χ1v) is 4.16. The van der Waals surface area contributed by atoms with Crippen LogP contribution in [0.1, 0.15) is 0 Å². The molecular weight excluding hydrogens is 180 g/mol. The molecule has 0 unspecified atom stereocenters. The Labute approximate surface area is 77.8 Å². The maximum absolute atomic E-state index is 11.0. The number of H-pyrrole nitrogens is 2. The van der Waals surface area contributed by atoms with Crippen molar-refractivity contribution in [1.29, 1.82) is 0 Å². The molecule has 0 amide bonds. The van der Waals surface area contributed by atoms with Crippen molar-refractivity contribution in [2.45, 2.75) is 0 Å². The van der Waals surface area contributed by atoms with E-state index in [1.54, 1.807) is 18.6 Å². The zero-order valence-corrected chi connectivity index (χ0v) is 7.11. The number of hydrogen-bond donors (Lipinski definition) is 2. The highest BCUT2D eigenvalue weighted by molar-refractivity contribution is 5.99. The highest BCUT2D eigenvalue weighted by Gasteiger charge is 2.03. The molecule has 0 atom stereocenters. The van der Waals surface area contributed by atoms with Crippen LogP contribution in [0.2, 0.25) is 0 Å². The third-order valence-electron chi connectivity index (χ3n) is 2.14. The SMILES string of the molecule is O=c1ccc2c(ncc3[nH]cnc32)[nH]1. The lowest BCUT2D eigenvalue weighted by atomic mass is 10.2. The van der Waals surface area contributed by atoms with E-state index in [4.69, 9.17) is 0 Å². The Hall–Kier alpha value is -2.17. The molecule has 14 heavy (non-hydrogen) atoms. The van der Waals surface area contributed by atoms with Gasteiger partial charge >= 0.3 is 0 Å². The van der Waals surface area contributed by atoms with E-state index in [1.807, 2.05) is 0 Å². The first-order valence-electron chi connectivity index (χ1n) is 4.16. The van der Waals surface area contributed by atoms with E-state index < -0.39 is 0 Å². The molecule has 0 saturated carbocycles. The van der Waals surface area contributed by atoms with Gasteiger partial charge < -0.3 is 9.97 Å². The number of pyridine rings is 2. The average molecular weight is 186 g/mol. The smallest absolute Gasteiger partial charge is 0.249 e. The zero-order chi connectivity index (χ0) is 9.54. The molecule has 5 heteroatoms. The van der Waals surface area contributed by atoms with Gasteiger partial charge in [-0.05, 0) is 6.07 Å². The largest absolute Gasteiger partial charge is 0.343 e. The predicted octanol–water partition coefficient (Wildman–Crippen LogP) is 0.799. The van der Waals surface area contributed by atoms with E-state index in [0.29, 0.717) is 5.65 Å². The first-order chi connectivity index (χ1) is 6.84. The van der Waals surface area contributed by atoms with E-state index in [-0.39, 0.29) is 5.56 Å². The Bertz CT molecular complexity index is 667. The maximum atomic E-state index is 11.0. The van der Waals surface area contributed by atoms with Gasteiger partial charge in [0.15, 0.2) is 0 Å². The van der Waals surface area contributed by atoms with Gasteiger partial charge in [0.1, 0.15) is 11.2 Å². The van der Waals surface area contributed by atoms with Gasteiger partial charge in [0.05, 0.1) is 18.0 Å². The minimum absolute atomic E-state index is 0.153. The standard InChI is InChI=1S/C9H6N4O/c14-7-2-1-5-8-6(11-4-12-8)3-10-9(5)13-7/h1-4H,(H,11,12)(H,10,13,14). The molecule has 0 saturated heterocycles. The number of fused-ring (bicyclic) bond motifs is 3. The van der Waals surface area contributed by atoms with Crippen molar-refractivity contribution in [3.05, 3.63) is 35.0 Å². The highest BCUT2D eigenvalue weighted by atomic mass is 16.1. The molecule has 68 valence electrons. The number of nitrogens with one attached hydrogen (secondary N) is 2. The molecular formula is C9H6N4O. The van der Waals surface area contributed by atoms with Gasteiger partial charge in [0.25, 0.3) is 0 Å². The van der Waals surface area contributed by atoms with Crippen molar-refractivity contribution < 1.29 is 0 Å². The van der Waals surface area contributed by atoms with Gasteiger partial charge in [-0.2, -0.15) is 0 Å². The molecule has 3 aromatic rings. The lowest BCUT2D eigenvalue weighted by molar-refractivity contribution is 1.24. The summed E-state index contributed by atoms with van der Waals surface area (Å²) in [5, 5.41) is 0.850. The minimum atomic E-state index is -0.153. The zero-order valence-electron chi connectivity index (χ0n) is 7.11. The van der Waals surface area contributed by atoms with Gasteiger partial charge in [-0.3, -0.25) is 4.79 Å². The first kappa shape index (κ1) is 7.25. The second kappa shape index (κ2) is 2.41. The lowest BCUT2D eigenvalue weighted by Gasteiger charge is -1.95. The molecule has 0 radical (unpaired) electrons. The van der Waals surface area contributed by atoms with Gasteiger partial charge in [0.2, 0.25) is 5.56 Å². The third-order valence-corrected chi connectivity index (χ3v) is 2.14. The predicted molar refractivity (Wildman–Crippen MR) is 52.0 cm³/mol. The van der Waals surface area contributed by atoms with Crippen LogP contribution in [0.3, 0.4) is 0 Å². The Morgan fingerprint density at radius 3 is 3.07 bits per heavy atom. The highest BCUT2D eigenvalue weighted by Crippen LogP contribution is 2.16. The van der Waals surface area contributed by atoms with E-state index in [0.717, 1.165) is 16.4 Å². The molecule has 0 bridgehead atoms. The summed E-state index contributed by atoms with van der Waals surface area (Å²) < 4.78 is 0. The number of hydrogen-bond acceptors (Lipinski definition) is 3. The van der Waals surface area contributed by atoms with Crippen molar-refractivity contribution in [2.75, 3.05) is 0 Å². The molecule has 0 aliphatic rings. The second-order valence-corrected chi connectivity index (χ2v) is 3.01. The number of nitrogens with zero attached hydrogens (tertiary/aromatic N) is 2. The second-order valence-electron chi connectivity index (χ2n) is 3.01. The number of rotatable bonds is 0. The molecule has 0 aromatic carbocycles. The van der Waals surface area contributed by atoms with Crippen LogP contribution in [-0.4, -0.2) is 19.9 Å². The van der Waals surface area contributed by atoms with Gasteiger partial charge in [-0.1, -0.05) is 0 Å². The van der Waals surface area contributed by atoms with Crippen LogP contribution in [0.5, 0.6) is 0 Å². The summed E-state index contributed by atoms with van der Waals surface area (Å²) in [6.45, 7) is 0. The molecule has 3 rings (SSSR count). The van der Waals surface area contributed by atoms with E-state index in [9.17, 15) is 4.79 Å². The van der Waals surface area contributed by atoms with Crippen molar-refractivity contribution in [3.8, 4) is 0 Å². The summed E-state index contributed by atoms with van der Waals surface area (Å²) in [5.41, 5.74) is 2.10. The summed E-state index contributed by atoms with van der Waals surface area (Å²) >= 11 is 0. The summed E-state index contributed by atoms with van der Waals surface area (Å²) in [7, 11) is 0. The fourth-order valence-corrected chi connectivity index (χ4v) is 1.50. The monoisotopic (exact) mass is 186 g/mol. The lowest BCUT2D eigenvalue weighted by Crippen LogP contribution is -2.03. The number of aromatic amines is 2. The van der Waals surface area contributed by atoms with Gasteiger partial charge in [-0.15, -0.1) is 0 Å². The van der Waals surface area contributed by atoms with Crippen LogP contribution in [0.25, 0.3) is 22.1 Å². The van der Waals surface area contributed by atoms with E-state index in [2.05, 4.69) is 19.9 Å². The Morgan fingerprint density at radius 1 is 1.21 bits per heavy atom. The molecule has 5 nitrogen and oxygen atoms in total. The van der Waals surface area contributed by atoms with Crippen molar-refractivity contribution in [2.24, 2.45) is 0 Å². The summed E-state index contributed by atoms with van der Waals surface area (Å²) in [6, 6.07) is 3.20. The summed E-state index contributed by atoms with van der Waals surface area (Å²) in [5.74, 6) is 0. The third kappa shape index (κ3) is 0.861. The van der Waals surface area contributed by atoms with Gasteiger partial charge in [-0.25, -0.2) is 9.97 Å². The fraction of sp³-hybridized carbons (Fsp3) is 0. The van der Waals surface area contributed by atoms with Crippen LogP contribution < -0.4 is 5.56 Å². The fourth-order valence-electron chi connectivity index (χ4n) is 1.50. The van der Waals surface area contributed by atoms with Crippen molar-refractivity contribution >= 4 is 22.1 Å². The average Bonchev–Trinajstić information content (AvgIpc) is 2.65. The van der Waals surface area contributed by atoms with Crippen LogP contribution in [-0.2, 0) is 0 Å². The summed E-state index contributed by atoms with van der Waals surface area (Å²) in [4.78, 5) is 24.9. The minimum Gasteiger partial charge on any atom is -0.343 e. The quantitative estimate of drug-likeness (QED) is 0.545. The molecule has 0 aliphatic heterocycles. The normalized spacial score (nSPS) is 11.1. The van der Waals surface area contributed by atoms with E-state index >= 15 is 0 Å². The Balaban J connectivity index is 2.63.